The molecule has 0 aliphatic carbocycles. The molecule has 4 rings (SSSR count). The smallest absolute Gasteiger partial charge is 0.145 e. The third-order valence-electron chi connectivity index (χ3n) is 5.98. The highest BCUT2D eigenvalue weighted by Crippen LogP contribution is 2.42. The lowest BCUT2D eigenvalue weighted by molar-refractivity contribution is 0.449. The third kappa shape index (κ3) is 3.77. The molecule has 1 atom stereocenters. The van der Waals surface area contributed by atoms with Crippen molar-refractivity contribution in [3.05, 3.63) is 59.3 Å². The quantitative estimate of drug-likeness (QED) is 0.749. The number of fused-ring (bicyclic) bond motifs is 1. The van der Waals surface area contributed by atoms with Gasteiger partial charge < -0.3 is 20.7 Å². The first-order chi connectivity index (χ1) is 14.6. The number of nitrogens with one attached hydrogen (secondary N) is 1. The maximum Gasteiger partial charge on any atom is 0.145 e. The van der Waals surface area contributed by atoms with E-state index in [1.807, 2.05) is 30.5 Å². The van der Waals surface area contributed by atoms with Gasteiger partial charge in [-0.05, 0) is 44.0 Å². The van der Waals surface area contributed by atoms with E-state index < -0.39 is 0 Å². The minimum Gasteiger partial charge on any atom is -0.455 e. The number of hydrogen-bond donors (Lipinski definition) is 2. The molecule has 2 aromatic rings. The van der Waals surface area contributed by atoms with Crippen molar-refractivity contribution in [3.8, 4) is 17.6 Å². The summed E-state index contributed by atoms with van der Waals surface area (Å²) in [5.41, 5.74) is 10.5. The Morgan fingerprint density at radius 2 is 2.10 bits per heavy atom. The van der Waals surface area contributed by atoms with Crippen LogP contribution in [0.1, 0.15) is 30.0 Å². The second kappa shape index (κ2) is 8.60. The van der Waals surface area contributed by atoms with Crippen molar-refractivity contribution < 1.29 is 4.74 Å². The van der Waals surface area contributed by atoms with Crippen molar-refractivity contribution in [1.29, 1.82) is 5.26 Å². The number of rotatable bonds is 5. The fourth-order valence-electron chi connectivity index (χ4n) is 3.84. The lowest BCUT2D eigenvalue weighted by Crippen LogP contribution is -2.45. The molecule has 2 aliphatic rings. The van der Waals surface area contributed by atoms with E-state index in [9.17, 15) is 5.26 Å². The molecule has 2 heterocycles. The van der Waals surface area contributed by atoms with Gasteiger partial charge in [0.25, 0.3) is 0 Å². The Balaban J connectivity index is 1.81. The normalized spacial score (nSPS) is 19.3. The van der Waals surface area contributed by atoms with Crippen LogP contribution in [0.5, 0.6) is 11.5 Å². The highest BCUT2D eigenvalue weighted by atomic mass is 16.5. The minimum atomic E-state index is 0.285. The number of hydrogen-bond acceptors (Lipinski definition) is 6. The predicted octanol–water partition coefficient (Wildman–Crippen LogP) is 3.46. The fourth-order valence-corrected chi connectivity index (χ4v) is 3.84. The van der Waals surface area contributed by atoms with Gasteiger partial charge in [0.15, 0.2) is 0 Å². The first-order valence-corrected chi connectivity index (χ1v) is 10.3. The SMILES string of the molecule is CC1CCc2c(ccc(C(C=NC3CNC3)=CN)c2Oc2ccccc2C#N)N1C. The van der Waals surface area contributed by atoms with Gasteiger partial charge in [0.05, 0.1) is 11.6 Å². The Morgan fingerprint density at radius 1 is 1.30 bits per heavy atom. The maximum atomic E-state index is 9.52. The number of nitrogens with two attached hydrogens (primary N) is 1. The molecule has 6 heteroatoms. The molecule has 6 nitrogen and oxygen atoms in total. The van der Waals surface area contributed by atoms with Crippen molar-refractivity contribution in [2.75, 3.05) is 25.0 Å². The van der Waals surface area contributed by atoms with Gasteiger partial charge >= 0.3 is 0 Å². The van der Waals surface area contributed by atoms with Gasteiger partial charge in [-0.3, -0.25) is 4.99 Å². The van der Waals surface area contributed by atoms with E-state index in [-0.39, 0.29) is 6.04 Å². The zero-order valence-corrected chi connectivity index (χ0v) is 17.4. The molecule has 3 N–H and O–H groups in total. The second-order valence-electron chi connectivity index (χ2n) is 7.86. The molecule has 0 bridgehead atoms. The molecule has 2 aromatic carbocycles. The summed E-state index contributed by atoms with van der Waals surface area (Å²) < 4.78 is 6.42. The molecular weight excluding hydrogens is 374 g/mol. The van der Waals surface area contributed by atoms with Gasteiger partial charge in [0.1, 0.15) is 17.6 Å². The average Bonchev–Trinajstić information content (AvgIpc) is 2.73. The van der Waals surface area contributed by atoms with E-state index in [4.69, 9.17) is 10.5 Å². The first kappa shape index (κ1) is 20.0. The van der Waals surface area contributed by atoms with E-state index in [0.717, 1.165) is 54.1 Å². The Morgan fingerprint density at radius 3 is 2.80 bits per heavy atom. The molecule has 1 saturated heterocycles. The molecular formula is C24H27N5O. The molecule has 1 unspecified atom stereocenters. The summed E-state index contributed by atoms with van der Waals surface area (Å²) >= 11 is 0. The molecule has 30 heavy (non-hydrogen) atoms. The monoisotopic (exact) mass is 401 g/mol. The van der Waals surface area contributed by atoms with E-state index in [1.165, 1.54) is 0 Å². The molecule has 2 aliphatic heterocycles. The Bertz CT molecular complexity index is 1030. The Kier molecular flexibility index (Phi) is 5.73. The van der Waals surface area contributed by atoms with Gasteiger partial charge in [0, 0.05) is 61.0 Å². The third-order valence-corrected chi connectivity index (χ3v) is 5.98. The lowest BCUT2D eigenvalue weighted by Gasteiger charge is -2.35. The molecule has 0 aromatic heterocycles. The van der Waals surface area contributed by atoms with Crippen LogP contribution in [0.25, 0.3) is 5.57 Å². The van der Waals surface area contributed by atoms with Gasteiger partial charge in [-0.25, -0.2) is 0 Å². The molecule has 0 amide bonds. The van der Waals surface area contributed by atoms with Crippen LogP contribution in [-0.4, -0.2) is 38.4 Å². The topological polar surface area (TPSA) is 86.7 Å². The van der Waals surface area contributed by atoms with Crippen molar-refractivity contribution in [2.45, 2.75) is 31.8 Å². The standard InChI is InChI=1S/C24H27N5O/c1-16-7-8-21-22(29(16)2)10-9-20(18(12-26)13-28-19-14-27-15-19)24(21)30-23-6-4-3-5-17(23)11-25/h3-6,9-10,12-13,16,19,27H,7-8,14-15,26H2,1-2H3. The number of para-hydroxylation sites is 1. The fraction of sp³-hybridized carbons (Fsp3) is 0.333. The first-order valence-electron chi connectivity index (χ1n) is 10.3. The number of nitrogens with zero attached hydrogens (tertiary/aromatic N) is 3. The van der Waals surface area contributed by atoms with Crippen molar-refractivity contribution in [2.24, 2.45) is 10.7 Å². The van der Waals surface area contributed by atoms with E-state index in [2.05, 4.69) is 41.3 Å². The number of benzene rings is 2. The minimum absolute atomic E-state index is 0.285. The van der Waals surface area contributed by atoms with E-state index >= 15 is 0 Å². The van der Waals surface area contributed by atoms with Gasteiger partial charge in [0.2, 0.25) is 0 Å². The number of aliphatic imine (C=N–C) groups is 1. The molecule has 154 valence electrons. The number of nitriles is 1. The summed E-state index contributed by atoms with van der Waals surface area (Å²) in [6, 6.07) is 14.5. The maximum absolute atomic E-state index is 9.52. The van der Waals surface area contributed by atoms with E-state index in [1.54, 1.807) is 12.3 Å². The largest absolute Gasteiger partial charge is 0.455 e. The van der Waals surface area contributed by atoms with E-state index in [0.29, 0.717) is 17.4 Å². The summed E-state index contributed by atoms with van der Waals surface area (Å²) in [5, 5.41) is 12.7. The van der Waals surface area contributed by atoms with Crippen LogP contribution in [0.15, 0.2) is 47.6 Å². The number of allylic oxidation sites excluding steroid dienone is 1. The van der Waals surface area contributed by atoms with Crippen LogP contribution < -0.4 is 20.7 Å². The van der Waals surface area contributed by atoms with Crippen LogP contribution in [0.3, 0.4) is 0 Å². The highest BCUT2D eigenvalue weighted by Gasteiger charge is 2.26. The van der Waals surface area contributed by atoms with Crippen LogP contribution in [0.2, 0.25) is 0 Å². The summed E-state index contributed by atoms with van der Waals surface area (Å²) in [5.74, 6) is 1.30. The zero-order valence-electron chi connectivity index (χ0n) is 17.4. The van der Waals surface area contributed by atoms with Crippen LogP contribution in [0, 0.1) is 11.3 Å². The Labute approximate surface area is 177 Å². The molecule has 0 saturated carbocycles. The molecule has 0 radical (unpaired) electrons. The van der Waals surface area contributed by atoms with Crippen LogP contribution in [0.4, 0.5) is 5.69 Å². The van der Waals surface area contributed by atoms with Gasteiger partial charge in [-0.15, -0.1) is 0 Å². The highest BCUT2D eigenvalue weighted by molar-refractivity contribution is 6.11. The van der Waals surface area contributed by atoms with Crippen LogP contribution in [-0.2, 0) is 6.42 Å². The summed E-state index contributed by atoms with van der Waals surface area (Å²) in [6.07, 6.45) is 5.36. The summed E-state index contributed by atoms with van der Waals surface area (Å²) in [6.45, 7) is 4.01. The summed E-state index contributed by atoms with van der Waals surface area (Å²) in [7, 11) is 2.11. The number of anilines is 1. The molecule has 1 fully saturated rings. The van der Waals surface area contributed by atoms with Gasteiger partial charge in [-0.2, -0.15) is 5.26 Å². The average molecular weight is 402 g/mol. The number of ether oxygens (including phenoxy) is 1. The van der Waals surface area contributed by atoms with Crippen molar-refractivity contribution in [3.63, 3.8) is 0 Å². The molecule has 0 spiro atoms. The van der Waals surface area contributed by atoms with Crippen LogP contribution >= 0.6 is 0 Å². The zero-order chi connectivity index (χ0) is 21.1. The van der Waals surface area contributed by atoms with Gasteiger partial charge in [-0.1, -0.05) is 12.1 Å². The van der Waals surface area contributed by atoms with Crippen molar-refractivity contribution >= 4 is 17.5 Å². The Hall–Kier alpha value is -3.30. The summed E-state index contributed by atoms with van der Waals surface area (Å²) in [4.78, 5) is 6.93. The second-order valence-corrected chi connectivity index (χ2v) is 7.86. The van der Waals surface area contributed by atoms with Crippen molar-refractivity contribution in [1.82, 2.24) is 5.32 Å². The predicted molar refractivity (Wildman–Crippen MR) is 121 cm³/mol. The lowest BCUT2D eigenvalue weighted by atomic mass is 9.92.